The summed E-state index contributed by atoms with van der Waals surface area (Å²) in [6, 6.07) is 17.3. The fraction of sp³-hybridized carbons (Fsp3) is 0.148. The summed E-state index contributed by atoms with van der Waals surface area (Å²) in [5, 5.41) is 4.40. The molecule has 0 radical (unpaired) electrons. The number of fused-ring (bicyclic) bond motifs is 1. The molecule has 0 fully saturated rings. The van der Waals surface area contributed by atoms with Crippen LogP contribution in [0.25, 0.3) is 27.7 Å². The average molecular weight is 464 g/mol. The minimum absolute atomic E-state index is 0.212. The molecule has 0 unspecified atom stereocenters. The van der Waals surface area contributed by atoms with Crippen LogP contribution in [0, 0.1) is 5.82 Å². The first-order valence-corrected chi connectivity index (χ1v) is 11.0. The molecular weight excluding hydrogens is 441 g/mol. The summed E-state index contributed by atoms with van der Waals surface area (Å²) in [6.07, 6.45) is 3.20. The number of hydrogen-bond acceptors (Lipinski definition) is 3. The first kappa shape index (κ1) is 22.6. The van der Waals surface area contributed by atoms with Crippen molar-refractivity contribution in [1.82, 2.24) is 5.32 Å². The zero-order chi connectivity index (χ0) is 23.4. The molecule has 168 valence electrons. The van der Waals surface area contributed by atoms with Crippen LogP contribution in [0.1, 0.15) is 25.0 Å². The summed E-state index contributed by atoms with van der Waals surface area (Å²) >= 11 is 5.91. The maximum Gasteiger partial charge on any atom is 0.244 e. The Morgan fingerprint density at radius 1 is 1.12 bits per heavy atom. The summed E-state index contributed by atoms with van der Waals surface area (Å²) in [5.74, 6) is 0.120. The largest absolute Gasteiger partial charge is 0.493 e. The van der Waals surface area contributed by atoms with Gasteiger partial charge in [-0.2, -0.15) is 0 Å². The van der Waals surface area contributed by atoms with Crippen molar-refractivity contribution in [3.05, 3.63) is 95.0 Å². The van der Waals surface area contributed by atoms with Crippen LogP contribution in [0.15, 0.2) is 77.4 Å². The Hall–Kier alpha value is -3.57. The molecule has 0 bridgehead atoms. The number of amides is 1. The van der Waals surface area contributed by atoms with Gasteiger partial charge in [0.2, 0.25) is 5.91 Å². The number of allylic oxidation sites excluding steroid dienone is 1. The van der Waals surface area contributed by atoms with Crippen molar-refractivity contribution < 1.29 is 18.3 Å². The van der Waals surface area contributed by atoms with E-state index in [4.69, 9.17) is 20.8 Å². The van der Waals surface area contributed by atoms with Gasteiger partial charge >= 0.3 is 0 Å². The van der Waals surface area contributed by atoms with Crippen molar-refractivity contribution in [2.45, 2.75) is 20.4 Å². The Balaban J connectivity index is 1.64. The maximum atomic E-state index is 13.4. The van der Waals surface area contributed by atoms with E-state index in [1.807, 2.05) is 38.1 Å². The van der Waals surface area contributed by atoms with E-state index >= 15 is 0 Å². The van der Waals surface area contributed by atoms with Gasteiger partial charge in [0, 0.05) is 40.2 Å². The normalized spacial score (nSPS) is 11.6. The molecule has 1 aromatic heterocycles. The molecule has 1 amide bonds. The number of halogens is 2. The van der Waals surface area contributed by atoms with Gasteiger partial charge in [0.25, 0.3) is 0 Å². The highest BCUT2D eigenvalue weighted by Crippen LogP contribution is 2.37. The Labute approximate surface area is 196 Å². The number of benzene rings is 3. The molecule has 0 aliphatic carbocycles. The van der Waals surface area contributed by atoms with Gasteiger partial charge < -0.3 is 14.5 Å². The molecule has 0 aliphatic rings. The van der Waals surface area contributed by atoms with Crippen LogP contribution >= 0.6 is 11.6 Å². The zero-order valence-corrected chi connectivity index (χ0v) is 19.1. The first-order chi connectivity index (χ1) is 15.9. The summed E-state index contributed by atoms with van der Waals surface area (Å²) in [6.45, 7) is 4.63. The number of hydrogen-bond donors (Lipinski definition) is 1. The predicted octanol–water partition coefficient (Wildman–Crippen LogP) is 7.01. The zero-order valence-electron chi connectivity index (χ0n) is 18.3. The highest BCUT2D eigenvalue weighted by molar-refractivity contribution is 6.30. The van der Waals surface area contributed by atoms with E-state index < -0.39 is 0 Å². The molecule has 33 heavy (non-hydrogen) atoms. The lowest BCUT2D eigenvalue weighted by Gasteiger charge is -2.12. The third-order valence-electron chi connectivity index (χ3n) is 5.28. The number of ether oxygens (including phenoxy) is 1. The number of carbonyl (C=O) groups excluding carboxylic acids is 1. The standard InChI is InChI=1S/C27H23ClFNO3/c1-3-32-25-14-26-23(24(16-33-26)19-6-10-21(29)11-7-19)13-22(25)17(2)12-27(31)30-15-18-4-8-20(28)9-5-18/h4-14,16H,3,15H2,1-2H3,(H,30,31)/b17-12+. The van der Waals surface area contributed by atoms with E-state index in [1.54, 1.807) is 36.6 Å². The molecule has 0 saturated heterocycles. The van der Waals surface area contributed by atoms with Crippen molar-refractivity contribution in [2.75, 3.05) is 6.61 Å². The number of nitrogens with one attached hydrogen (secondary N) is 1. The first-order valence-electron chi connectivity index (χ1n) is 10.6. The molecule has 0 spiro atoms. The second kappa shape index (κ2) is 9.92. The van der Waals surface area contributed by atoms with Gasteiger partial charge in [-0.3, -0.25) is 4.79 Å². The van der Waals surface area contributed by atoms with Crippen molar-refractivity contribution in [2.24, 2.45) is 0 Å². The summed E-state index contributed by atoms with van der Waals surface area (Å²) in [5.41, 5.74) is 4.83. The number of rotatable bonds is 7. The van der Waals surface area contributed by atoms with Gasteiger partial charge in [-0.05, 0) is 60.9 Å². The molecule has 0 saturated carbocycles. The molecule has 3 aromatic carbocycles. The SMILES string of the molecule is CCOc1cc2occ(-c3ccc(F)cc3)c2cc1/C(C)=C/C(=O)NCc1ccc(Cl)cc1. The highest BCUT2D eigenvalue weighted by atomic mass is 35.5. The Morgan fingerprint density at radius 2 is 1.85 bits per heavy atom. The molecule has 4 nitrogen and oxygen atoms in total. The minimum atomic E-state index is -0.297. The molecule has 4 rings (SSSR count). The lowest BCUT2D eigenvalue weighted by Crippen LogP contribution is -2.20. The van der Waals surface area contributed by atoms with Crippen LogP contribution in [0.2, 0.25) is 5.02 Å². The van der Waals surface area contributed by atoms with Gasteiger partial charge in [0.1, 0.15) is 17.1 Å². The fourth-order valence-electron chi connectivity index (χ4n) is 3.61. The van der Waals surface area contributed by atoms with Gasteiger partial charge in [0.05, 0.1) is 12.9 Å². The molecule has 0 atom stereocenters. The second-order valence-corrected chi connectivity index (χ2v) is 8.04. The average Bonchev–Trinajstić information content (AvgIpc) is 3.21. The van der Waals surface area contributed by atoms with Crippen molar-refractivity contribution in [3.63, 3.8) is 0 Å². The number of furan rings is 1. The van der Waals surface area contributed by atoms with E-state index in [1.165, 1.54) is 12.1 Å². The van der Waals surface area contributed by atoms with E-state index in [2.05, 4.69) is 5.32 Å². The van der Waals surface area contributed by atoms with Gasteiger partial charge in [-0.25, -0.2) is 4.39 Å². The van der Waals surface area contributed by atoms with Crippen molar-refractivity contribution in [1.29, 1.82) is 0 Å². The maximum absolute atomic E-state index is 13.4. The predicted molar refractivity (Wildman–Crippen MR) is 130 cm³/mol. The monoisotopic (exact) mass is 463 g/mol. The molecule has 1 heterocycles. The van der Waals surface area contributed by atoms with Gasteiger partial charge in [0.15, 0.2) is 0 Å². The van der Waals surface area contributed by atoms with Gasteiger partial charge in [-0.15, -0.1) is 0 Å². The Morgan fingerprint density at radius 3 is 2.55 bits per heavy atom. The third kappa shape index (κ3) is 5.26. The number of carbonyl (C=O) groups is 1. The van der Waals surface area contributed by atoms with E-state index in [0.29, 0.717) is 29.5 Å². The molecule has 1 N–H and O–H groups in total. The summed E-state index contributed by atoms with van der Waals surface area (Å²) < 4.78 is 24.9. The van der Waals surface area contributed by atoms with Crippen LogP contribution in [-0.2, 0) is 11.3 Å². The Kier molecular flexibility index (Phi) is 6.80. The minimum Gasteiger partial charge on any atom is -0.493 e. The quantitative estimate of drug-likeness (QED) is 0.300. The second-order valence-electron chi connectivity index (χ2n) is 7.61. The highest BCUT2D eigenvalue weighted by Gasteiger charge is 2.15. The smallest absolute Gasteiger partial charge is 0.244 e. The van der Waals surface area contributed by atoms with E-state index in [0.717, 1.165) is 33.2 Å². The molecule has 4 aromatic rings. The lowest BCUT2D eigenvalue weighted by atomic mass is 9.99. The van der Waals surface area contributed by atoms with Crippen molar-refractivity contribution >= 4 is 34.1 Å². The van der Waals surface area contributed by atoms with Crippen LogP contribution in [0.4, 0.5) is 4.39 Å². The topological polar surface area (TPSA) is 51.5 Å². The van der Waals surface area contributed by atoms with Crippen LogP contribution in [-0.4, -0.2) is 12.5 Å². The molecular formula is C27H23ClFNO3. The summed E-state index contributed by atoms with van der Waals surface area (Å²) in [7, 11) is 0. The Bertz CT molecular complexity index is 1310. The third-order valence-corrected chi connectivity index (χ3v) is 5.54. The van der Waals surface area contributed by atoms with Gasteiger partial charge in [-0.1, -0.05) is 35.9 Å². The van der Waals surface area contributed by atoms with Crippen molar-refractivity contribution in [3.8, 4) is 16.9 Å². The molecule has 6 heteroatoms. The molecule has 0 aliphatic heterocycles. The van der Waals surface area contributed by atoms with E-state index in [-0.39, 0.29) is 11.7 Å². The van der Waals surface area contributed by atoms with Crippen LogP contribution in [0.3, 0.4) is 0 Å². The lowest BCUT2D eigenvalue weighted by molar-refractivity contribution is -0.116. The summed E-state index contributed by atoms with van der Waals surface area (Å²) in [4.78, 5) is 12.6. The van der Waals surface area contributed by atoms with E-state index in [9.17, 15) is 9.18 Å². The van der Waals surface area contributed by atoms with Crippen LogP contribution < -0.4 is 10.1 Å². The fourth-order valence-corrected chi connectivity index (χ4v) is 3.73. The van der Waals surface area contributed by atoms with Crippen LogP contribution in [0.5, 0.6) is 5.75 Å².